The minimum Gasteiger partial charge on any atom is -0.457 e. The van der Waals surface area contributed by atoms with E-state index in [1.54, 1.807) is 0 Å². The first-order valence-electron chi connectivity index (χ1n) is 6.65. The highest BCUT2D eigenvalue weighted by Crippen LogP contribution is 2.25. The molecule has 3 nitrogen and oxygen atoms in total. The Morgan fingerprint density at radius 2 is 1.63 bits per heavy atom. The molecule has 2 aromatic carbocycles. The van der Waals surface area contributed by atoms with Gasteiger partial charge < -0.3 is 15.4 Å². The summed E-state index contributed by atoms with van der Waals surface area (Å²) in [7, 11) is 0. The highest BCUT2D eigenvalue weighted by Gasteiger charge is 2.18. The van der Waals surface area contributed by atoms with Gasteiger partial charge in [-0.05, 0) is 42.8 Å². The number of nitrogens with zero attached hydrogens (tertiary/aromatic N) is 1. The van der Waals surface area contributed by atoms with E-state index in [1.807, 2.05) is 42.5 Å². The van der Waals surface area contributed by atoms with Crippen molar-refractivity contribution in [1.29, 1.82) is 0 Å². The van der Waals surface area contributed by atoms with Gasteiger partial charge in [0, 0.05) is 24.8 Å². The van der Waals surface area contributed by atoms with Gasteiger partial charge in [0.2, 0.25) is 0 Å². The molecule has 1 fully saturated rings. The average Bonchev–Trinajstić information content (AvgIpc) is 2.87. The molecule has 1 aliphatic rings. The predicted octanol–water partition coefficient (Wildman–Crippen LogP) is 3.02. The Morgan fingerprint density at radius 3 is 2.26 bits per heavy atom. The lowest BCUT2D eigenvalue weighted by Crippen LogP contribution is -2.26. The molecule has 0 saturated carbocycles. The molecular formula is C16H18N2O. The van der Waals surface area contributed by atoms with E-state index in [-0.39, 0.29) is 0 Å². The van der Waals surface area contributed by atoms with Gasteiger partial charge in [-0.3, -0.25) is 0 Å². The van der Waals surface area contributed by atoms with Crippen LogP contribution in [-0.4, -0.2) is 19.1 Å². The van der Waals surface area contributed by atoms with Crippen LogP contribution in [0, 0.1) is 0 Å². The maximum absolute atomic E-state index is 5.93. The lowest BCUT2D eigenvalue weighted by atomic mass is 10.2. The van der Waals surface area contributed by atoms with Crippen LogP contribution in [0.15, 0.2) is 54.6 Å². The molecule has 0 aliphatic carbocycles. The van der Waals surface area contributed by atoms with Crippen LogP contribution < -0.4 is 15.4 Å². The van der Waals surface area contributed by atoms with E-state index in [4.69, 9.17) is 10.5 Å². The number of anilines is 1. The van der Waals surface area contributed by atoms with Crippen molar-refractivity contribution < 1.29 is 4.74 Å². The van der Waals surface area contributed by atoms with Gasteiger partial charge in [0.05, 0.1) is 0 Å². The molecule has 3 heteroatoms. The fourth-order valence-electron chi connectivity index (χ4n) is 2.37. The van der Waals surface area contributed by atoms with E-state index in [9.17, 15) is 0 Å². The fraction of sp³-hybridized carbons (Fsp3) is 0.250. The van der Waals surface area contributed by atoms with E-state index in [1.165, 1.54) is 5.69 Å². The first-order valence-corrected chi connectivity index (χ1v) is 6.65. The van der Waals surface area contributed by atoms with Crippen LogP contribution >= 0.6 is 0 Å². The van der Waals surface area contributed by atoms with Crippen molar-refractivity contribution in [3.63, 3.8) is 0 Å². The number of hydrogen-bond donors (Lipinski definition) is 1. The molecule has 98 valence electrons. The normalized spacial score (nSPS) is 18.6. The molecule has 1 atom stereocenters. The van der Waals surface area contributed by atoms with Crippen LogP contribution in [0.3, 0.4) is 0 Å². The van der Waals surface area contributed by atoms with E-state index < -0.39 is 0 Å². The quantitative estimate of drug-likeness (QED) is 0.915. The number of hydrogen-bond acceptors (Lipinski definition) is 3. The third-order valence-corrected chi connectivity index (χ3v) is 3.41. The van der Waals surface area contributed by atoms with E-state index in [0.29, 0.717) is 6.04 Å². The smallest absolute Gasteiger partial charge is 0.127 e. The molecule has 3 rings (SSSR count). The molecule has 1 heterocycles. The van der Waals surface area contributed by atoms with Crippen LogP contribution in [0.25, 0.3) is 0 Å². The SMILES string of the molecule is N[C@H]1CCN(c2ccc(Oc3ccccc3)cc2)C1. The van der Waals surface area contributed by atoms with Crippen LogP contribution in [0.2, 0.25) is 0 Å². The molecule has 2 N–H and O–H groups in total. The molecule has 19 heavy (non-hydrogen) atoms. The summed E-state index contributed by atoms with van der Waals surface area (Å²) in [5.41, 5.74) is 7.14. The van der Waals surface area contributed by atoms with E-state index in [0.717, 1.165) is 31.0 Å². The summed E-state index contributed by atoms with van der Waals surface area (Å²) in [6.07, 6.45) is 1.07. The zero-order chi connectivity index (χ0) is 13.1. The predicted molar refractivity (Wildman–Crippen MR) is 77.8 cm³/mol. The average molecular weight is 254 g/mol. The highest BCUT2D eigenvalue weighted by atomic mass is 16.5. The Kier molecular flexibility index (Phi) is 3.38. The van der Waals surface area contributed by atoms with Crippen molar-refractivity contribution in [2.75, 3.05) is 18.0 Å². The van der Waals surface area contributed by atoms with Gasteiger partial charge >= 0.3 is 0 Å². The van der Waals surface area contributed by atoms with Crippen molar-refractivity contribution in [3.05, 3.63) is 54.6 Å². The molecule has 0 aromatic heterocycles. The topological polar surface area (TPSA) is 38.5 Å². The standard InChI is InChI=1S/C16H18N2O/c17-13-10-11-18(12-13)14-6-8-16(9-7-14)19-15-4-2-1-3-5-15/h1-9,13H,10-12,17H2/t13-/m0/s1. The Bertz CT molecular complexity index is 524. The number of para-hydroxylation sites is 1. The molecule has 0 bridgehead atoms. The second-order valence-corrected chi connectivity index (χ2v) is 4.90. The summed E-state index contributed by atoms with van der Waals surface area (Å²) in [6.45, 7) is 1.99. The molecule has 2 aromatic rings. The van der Waals surface area contributed by atoms with Gasteiger partial charge in [-0.15, -0.1) is 0 Å². The fourth-order valence-corrected chi connectivity index (χ4v) is 2.37. The van der Waals surface area contributed by atoms with Crippen LogP contribution in [0.5, 0.6) is 11.5 Å². The second-order valence-electron chi connectivity index (χ2n) is 4.90. The lowest BCUT2D eigenvalue weighted by molar-refractivity contribution is 0.482. The van der Waals surface area contributed by atoms with Crippen LogP contribution in [-0.2, 0) is 0 Å². The first-order chi connectivity index (χ1) is 9.31. The second kappa shape index (κ2) is 5.33. The van der Waals surface area contributed by atoms with Gasteiger partial charge in [0.25, 0.3) is 0 Å². The molecule has 0 amide bonds. The molecule has 0 spiro atoms. The van der Waals surface area contributed by atoms with E-state index in [2.05, 4.69) is 17.0 Å². The summed E-state index contributed by atoms with van der Waals surface area (Å²) in [5, 5.41) is 0. The summed E-state index contributed by atoms with van der Waals surface area (Å²) < 4.78 is 5.77. The number of nitrogens with two attached hydrogens (primary N) is 1. The Labute approximate surface area is 113 Å². The minimum atomic E-state index is 0.306. The summed E-state index contributed by atoms with van der Waals surface area (Å²) >= 11 is 0. The van der Waals surface area contributed by atoms with Crippen molar-refractivity contribution >= 4 is 5.69 Å². The molecule has 1 saturated heterocycles. The van der Waals surface area contributed by atoms with Gasteiger partial charge in [0.15, 0.2) is 0 Å². The van der Waals surface area contributed by atoms with Crippen LogP contribution in [0.4, 0.5) is 5.69 Å². The van der Waals surface area contributed by atoms with Gasteiger partial charge in [-0.2, -0.15) is 0 Å². The molecule has 0 radical (unpaired) electrons. The molecular weight excluding hydrogens is 236 g/mol. The third-order valence-electron chi connectivity index (χ3n) is 3.41. The summed E-state index contributed by atoms with van der Waals surface area (Å²) in [5.74, 6) is 1.72. The van der Waals surface area contributed by atoms with Crippen molar-refractivity contribution in [2.24, 2.45) is 5.73 Å². The summed E-state index contributed by atoms with van der Waals surface area (Å²) in [4.78, 5) is 2.32. The zero-order valence-electron chi connectivity index (χ0n) is 10.8. The third kappa shape index (κ3) is 2.88. The van der Waals surface area contributed by atoms with Crippen molar-refractivity contribution in [1.82, 2.24) is 0 Å². The minimum absolute atomic E-state index is 0.306. The highest BCUT2D eigenvalue weighted by molar-refractivity contribution is 5.50. The number of rotatable bonds is 3. The van der Waals surface area contributed by atoms with Gasteiger partial charge in [0.1, 0.15) is 11.5 Å². The maximum atomic E-state index is 5.93. The van der Waals surface area contributed by atoms with Gasteiger partial charge in [-0.1, -0.05) is 18.2 Å². The van der Waals surface area contributed by atoms with Crippen molar-refractivity contribution in [3.8, 4) is 11.5 Å². The maximum Gasteiger partial charge on any atom is 0.127 e. The largest absolute Gasteiger partial charge is 0.457 e. The Balaban J connectivity index is 1.69. The van der Waals surface area contributed by atoms with E-state index >= 15 is 0 Å². The number of benzene rings is 2. The zero-order valence-corrected chi connectivity index (χ0v) is 10.8. The van der Waals surface area contributed by atoms with Gasteiger partial charge in [-0.25, -0.2) is 0 Å². The molecule has 0 unspecified atom stereocenters. The van der Waals surface area contributed by atoms with Crippen LogP contribution in [0.1, 0.15) is 6.42 Å². The monoisotopic (exact) mass is 254 g/mol. The summed E-state index contributed by atoms with van der Waals surface area (Å²) in [6, 6.07) is 18.3. The lowest BCUT2D eigenvalue weighted by Gasteiger charge is -2.18. The Hall–Kier alpha value is -2.00. The molecule has 1 aliphatic heterocycles. The van der Waals surface area contributed by atoms with Crippen molar-refractivity contribution in [2.45, 2.75) is 12.5 Å². The first kappa shape index (κ1) is 12.1. The Morgan fingerprint density at radius 1 is 0.947 bits per heavy atom. The number of ether oxygens (including phenoxy) is 1.